The van der Waals surface area contributed by atoms with Crippen LogP contribution in [0.1, 0.15) is 23.6 Å². The quantitative estimate of drug-likeness (QED) is 0.474. The van der Waals surface area contributed by atoms with E-state index < -0.39 is 16.1 Å². The second kappa shape index (κ2) is 5.52. The Morgan fingerprint density at radius 1 is 1.20 bits per heavy atom. The highest BCUT2D eigenvalue weighted by Gasteiger charge is 2.53. The third kappa shape index (κ3) is 2.48. The summed E-state index contributed by atoms with van der Waals surface area (Å²) in [6, 6.07) is 5.82. The van der Waals surface area contributed by atoms with Gasteiger partial charge < -0.3 is 0 Å². The third-order valence-electron chi connectivity index (χ3n) is 5.18. The maximum absolute atomic E-state index is 12.7. The van der Waals surface area contributed by atoms with Crippen molar-refractivity contribution >= 4 is 10.0 Å². The van der Waals surface area contributed by atoms with Crippen LogP contribution in [-0.2, 0) is 10.0 Å². The van der Waals surface area contributed by atoms with E-state index in [-0.39, 0.29) is 27.6 Å². The molecule has 8 heteroatoms. The fraction of sp³-hybridized carbons (Fsp3) is 0.353. The van der Waals surface area contributed by atoms with E-state index in [0.717, 1.165) is 16.0 Å². The minimum atomic E-state index is -3.75. The van der Waals surface area contributed by atoms with Crippen LogP contribution in [0.25, 0.3) is 0 Å². The van der Waals surface area contributed by atoms with Gasteiger partial charge in [0, 0.05) is 17.0 Å². The monoisotopic (exact) mass is 359 g/mol. The Balaban J connectivity index is 1.70. The van der Waals surface area contributed by atoms with Crippen molar-refractivity contribution in [2.24, 2.45) is 11.8 Å². The van der Waals surface area contributed by atoms with Crippen molar-refractivity contribution in [3.05, 3.63) is 70.3 Å². The van der Waals surface area contributed by atoms with Gasteiger partial charge in [-0.1, -0.05) is 29.8 Å². The lowest BCUT2D eigenvalue weighted by molar-refractivity contribution is -0.530. The Hall–Kier alpha value is -2.48. The van der Waals surface area contributed by atoms with E-state index in [4.69, 9.17) is 0 Å². The summed E-state index contributed by atoms with van der Waals surface area (Å²) in [6.07, 6.45) is 7.27. The molecule has 1 heterocycles. The highest BCUT2D eigenvalue weighted by atomic mass is 32.2. The molecule has 7 nitrogen and oxygen atoms in total. The Morgan fingerprint density at radius 2 is 1.88 bits per heavy atom. The summed E-state index contributed by atoms with van der Waals surface area (Å²) in [4.78, 5) is 15.6. The van der Waals surface area contributed by atoms with Crippen molar-refractivity contribution in [2.75, 3.05) is 0 Å². The highest BCUT2D eigenvalue weighted by Crippen LogP contribution is 2.49. The molecular weight excluding hydrogens is 342 g/mol. The second-order valence-corrected chi connectivity index (χ2v) is 8.54. The Morgan fingerprint density at radius 3 is 2.56 bits per heavy atom. The summed E-state index contributed by atoms with van der Waals surface area (Å²) in [7, 11) is -3.75. The maximum atomic E-state index is 12.7. The van der Waals surface area contributed by atoms with Gasteiger partial charge in [-0.2, -0.15) is 0 Å². The molecule has 4 atom stereocenters. The van der Waals surface area contributed by atoms with Gasteiger partial charge in [-0.3, -0.25) is 10.1 Å². The highest BCUT2D eigenvalue weighted by molar-refractivity contribution is 7.90. The summed E-state index contributed by atoms with van der Waals surface area (Å²) in [5, 5.41) is 11.5. The molecule has 2 aliphatic rings. The molecule has 2 bridgehead atoms. The molecule has 1 fully saturated rings. The normalized spacial score (nSPS) is 27.7. The molecule has 0 N–H and O–H groups in total. The van der Waals surface area contributed by atoms with Crippen LogP contribution >= 0.6 is 0 Å². The summed E-state index contributed by atoms with van der Waals surface area (Å²) < 4.78 is 26.5. The van der Waals surface area contributed by atoms with Crippen molar-refractivity contribution in [3.63, 3.8) is 0 Å². The average Bonchev–Trinajstić information content (AvgIpc) is 3.30. The Kier molecular flexibility index (Phi) is 3.54. The third-order valence-corrected chi connectivity index (χ3v) is 6.80. The van der Waals surface area contributed by atoms with Crippen molar-refractivity contribution in [1.29, 1.82) is 0 Å². The van der Waals surface area contributed by atoms with Gasteiger partial charge in [0.25, 0.3) is 10.0 Å². The Labute approximate surface area is 145 Å². The molecule has 2 aliphatic carbocycles. The fourth-order valence-corrected chi connectivity index (χ4v) is 5.08. The van der Waals surface area contributed by atoms with Gasteiger partial charge in [0.2, 0.25) is 6.04 Å². The molecule has 1 aromatic heterocycles. The summed E-state index contributed by atoms with van der Waals surface area (Å²) in [5.74, 6) is -0.422. The van der Waals surface area contributed by atoms with Crippen molar-refractivity contribution in [2.45, 2.75) is 30.2 Å². The van der Waals surface area contributed by atoms with Gasteiger partial charge in [0.05, 0.1) is 16.5 Å². The fourth-order valence-electron chi connectivity index (χ4n) is 3.93. The number of benzene rings is 1. The molecule has 1 aromatic carbocycles. The van der Waals surface area contributed by atoms with Gasteiger partial charge in [-0.05, 0) is 31.4 Å². The van der Waals surface area contributed by atoms with Crippen molar-refractivity contribution in [1.82, 2.24) is 8.96 Å². The van der Waals surface area contributed by atoms with Gasteiger partial charge >= 0.3 is 0 Å². The van der Waals surface area contributed by atoms with E-state index in [0.29, 0.717) is 5.69 Å². The zero-order valence-corrected chi connectivity index (χ0v) is 14.3. The lowest BCUT2D eigenvalue weighted by atomic mass is 9.87. The number of rotatable bonds is 4. The molecule has 0 radical (unpaired) electrons. The summed E-state index contributed by atoms with van der Waals surface area (Å²) in [6.45, 7) is 1.88. The molecule has 0 unspecified atom stereocenters. The lowest BCUT2D eigenvalue weighted by Crippen LogP contribution is -2.31. The van der Waals surface area contributed by atoms with E-state index in [1.165, 1.54) is 12.5 Å². The number of nitrogens with zero attached hydrogens (tertiary/aromatic N) is 3. The first-order chi connectivity index (χ1) is 11.9. The van der Waals surface area contributed by atoms with Crippen LogP contribution in [0.2, 0.25) is 0 Å². The predicted molar refractivity (Wildman–Crippen MR) is 90.3 cm³/mol. The molecule has 4 rings (SSSR count). The number of hydrogen-bond acceptors (Lipinski definition) is 5. The zero-order chi connectivity index (χ0) is 17.8. The number of imidazole rings is 1. The minimum Gasteiger partial charge on any atom is -0.264 e. The van der Waals surface area contributed by atoms with Crippen molar-refractivity contribution < 1.29 is 13.3 Å². The van der Waals surface area contributed by atoms with Crippen LogP contribution in [-0.4, -0.2) is 28.3 Å². The van der Waals surface area contributed by atoms with Gasteiger partial charge in [0.15, 0.2) is 0 Å². The molecular formula is C17H17N3O4S. The van der Waals surface area contributed by atoms with Crippen LogP contribution in [0, 0.1) is 28.9 Å². The number of nitro groups is 1. The van der Waals surface area contributed by atoms with Crippen LogP contribution < -0.4 is 0 Å². The molecule has 25 heavy (non-hydrogen) atoms. The zero-order valence-electron chi connectivity index (χ0n) is 13.5. The van der Waals surface area contributed by atoms with Gasteiger partial charge in [0.1, 0.15) is 6.33 Å². The van der Waals surface area contributed by atoms with Gasteiger partial charge in [-0.15, -0.1) is 0 Å². The molecule has 1 saturated carbocycles. The van der Waals surface area contributed by atoms with E-state index in [1.54, 1.807) is 24.3 Å². The van der Waals surface area contributed by atoms with Crippen LogP contribution in [0.5, 0.6) is 0 Å². The van der Waals surface area contributed by atoms with E-state index in [1.807, 2.05) is 19.1 Å². The van der Waals surface area contributed by atoms with Gasteiger partial charge in [-0.25, -0.2) is 17.4 Å². The van der Waals surface area contributed by atoms with E-state index in [9.17, 15) is 18.5 Å². The van der Waals surface area contributed by atoms with E-state index in [2.05, 4.69) is 4.98 Å². The topological polar surface area (TPSA) is 95.1 Å². The molecule has 0 aliphatic heterocycles. The maximum Gasteiger partial charge on any atom is 0.268 e. The molecule has 0 spiro atoms. The molecule has 130 valence electrons. The number of aromatic nitrogens is 2. The first kappa shape index (κ1) is 16.0. The van der Waals surface area contributed by atoms with Crippen LogP contribution in [0.15, 0.2) is 53.8 Å². The SMILES string of the molecule is Cc1ccc(S(=O)(=O)n2cnc([C@H]3[C@H]([N+](=O)[O-])[C@H]4C=C[C@@H]3C4)c2)cc1. The molecule has 0 saturated heterocycles. The molecule has 0 amide bonds. The Bertz CT molecular complexity index is 962. The number of aryl methyl sites for hydroxylation is 1. The predicted octanol–water partition coefficient (Wildman–Crippen LogP) is 2.36. The summed E-state index contributed by atoms with van der Waals surface area (Å²) in [5.41, 5.74) is 1.43. The second-order valence-electron chi connectivity index (χ2n) is 6.70. The lowest BCUT2D eigenvalue weighted by Gasteiger charge is -2.19. The number of allylic oxidation sites excluding steroid dienone is 1. The minimum absolute atomic E-state index is 0.0471. The smallest absolute Gasteiger partial charge is 0.264 e. The first-order valence-corrected chi connectivity index (χ1v) is 9.50. The van der Waals surface area contributed by atoms with Crippen molar-refractivity contribution in [3.8, 4) is 0 Å². The van der Waals surface area contributed by atoms with Crippen LogP contribution in [0.4, 0.5) is 0 Å². The number of hydrogen-bond donors (Lipinski definition) is 0. The largest absolute Gasteiger partial charge is 0.268 e. The first-order valence-electron chi connectivity index (χ1n) is 8.06. The summed E-state index contributed by atoms with van der Waals surface area (Å²) >= 11 is 0. The average molecular weight is 359 g/mol. The standard InChI is InChI=1S/C17H17N3O4S/c1-11-2-6-14(7-3-11)25(23,24)19-9-15(18-10-19)16-12-4-5-13(8-12)17(16)20(21)22/h2-7,9-10,12-13,16-17H,8H2,1H3/t12-,13+,16+,17-/m1/s1. The molecule has 2 aromatic rings. The van der Waals surface area contributed by atoms with E-state index >= 15 is 0 Å². The van der Waals surface area contributed by atoms with Crippen LogP contribution in [0.3, 0.4) is 0 Å². The number of fused-ring (bicyclic) bond motifs is 2.